The Labute approximate surface area is 132 Å². The van der Waals surface area contributed by atoms with Gasteiger partial charge in [0, 0.05) is 25.9 Å². The van der Waals surface area contributed by atoms with Gasteiger partial charge < -0.3 is 10.1 Å². The molecule has 0 atom stereocenters. The Bertz CT molecular complexity index is 509. The second kappa shape index (κ2) is 8.36. The smallest absolute Gasteiger partial charge is 0.385 e. The third-order valence-corrected chi connectivity index (χ3v) is 3.19. The second-order valence-corrected chi connectivity index (χ2v) is 5.23. The largest absolute Gasteiger partial charge is 0.417 e. The van der Waals surface area contributed by atoms with E-state index in [1.165, 1.54) is 6.07 Å². The molecule has 1 rings (SSSR count). The Hall–Kier alpha value is -1.31. The third-order valence-electron chi connectivity index (χ3n) is 2.86. The quantitative estimate of drug-likeness (QED) is 0.776. The fourth-order valence-electron chi connectivity index (χ4n) is 1.82. The molecule has 0 saturated heterocycles. The van der Waals surface area contributed by atoms with Crippen LogP contribution < -0.4 is 5.32 Å². The summed E-state index contributed by atoms with van der Waals surface area (Å²) in [6.07, 6.45) is -3.80. The van der Waals surface area contributed by atoms with Crippen molar-refractivity contribution in [3.8, 4) is 0 Å². The van der Waals surface area contributed by atoms with Crippen LogP contribution in [-0.4, -0.2) is 44.7 Å². The van der Waals surface area contributed by atoms with E-state index < -0.39 is 22.7 Å². The van der Waals surface area contributed by atoms with Crippen LogP contribution in [0.4, 0.5) is 18.9 Å². The number of nitrogens with zero attached hydrogens (tertiary/aromatic N) is 1. The number of amides is 1. The lowest BCUT2D eigenvalue weighted by atomic mass is 10.2. The zero-order valence-electron chi connectivity index (χ0n) is 12.3. The predicted molar refractivity (Wildman–Crippen MR) is 79.1 cm³/mol. The molecular formula is C14H18ClF3N2O2. The number of likely N-dealkylation sites (N-methyl/N-ethyl adjacent to an activating group) is 1. The van der Waals surface area contributed by atoms with Gasteiger partial charge in [0.1, 0.15) is 0 Å². The van der Waals surface area contributed by atoms with Gasteiger partial charge >= 0.3 is 6.18 Å². The highest BCUT2D eigenvalue weighted by molar-refractivity contribution is 6.31. The predicted octanol–water partition coefficient (Wildman–Crippen LogP) is 3.27. The normalized spacial score (nSPS) is 11.8. The molecule has 1 N–H and O–H groups in total. The number of carbonyl (C=O) groups is 1. The average molecular weight is 339 g/mol. The first-order valence-corrected chi connectivity index (χ1v) is 6.96. The van der Waals surface area contributed by atoms with Crippen LogP contribution >= 0.6 is 11.6 Å². The SMILES string of the molecule is COCCCN(C)CC(=O)Nc1ccc(Cl)c(C(F)(F)F)c1. The maximum atomic E-state index is 12.7. The van der Waals surface area contributed by atoms with Gasteiger partial charge in [-0.1, -0.05) is 11.6 Å². The molecule has 22 heavy (non-hydrogen) atoms. The van der Waals surface area contributed by atoms with Crippen molar-refractivity contribution in [2.45, 2.75) is 12.6 Å². The van der Waals surface area contributed by atoms with Gasteiger partial charge in [-0.15, -0.1) is 0 Å². The van der Waals surface area contributed by atoms with Crippen molar-refractivity contribution in [3.63, 3.8) is 0 Å². The van der Waals surface area contributed by atoms with Crippen molar-refractivity contribution in [2.24, 2.45) is 0 Å². The van der Waals surface area contributed by atoms with E-state index >= 15 is 0 Å². The van der Waals surface area contributed by atoms with Gasteiger partial charge in [0.2, 0.25) is 5.91 Å². The molecule has 0 fully saturated rings. The van der Waals surface area contributed by atoms with Crippen LogP contribution in [0.15, 0.2) is 18.2 Å². The molecule has 0 aromatic heterocycles. The fraction of sp³-hybridized carbons (Fsp3) is 0.500. The number of carbonyl (C=O) groups excluding carboxylic acids is 1. The van der Waals surface area contributed by atoms with E-state index in [4.69, 9.17) is 16.3 Å². The summed E-state index contributed by atoms with van der Waals surface area (Å²) in [5.41, 5.74) is -0.910. The van der Waals surface area contributed by atoms with Crippen LogP contribution in [0.3, 0.4) is 0 Å². The van der Waals surface area contributed by atoms with Gasteiger partial charge in [-0.25, -0.2) is 0 Å². The van der Waals surface area contributed by atoms with E-state index in [1.807, 2.05) is 0 Å². The Balaban J connectivity index is 2.61. The molecule has 124 valence electrons. The summed E-state index contributed by atoms with van der Waals surface area (Å²) >= 11 is 5.52. The minimum Gasteiger partial charge on any atom is -0.385 e. The van der Waals surface area contributed by atoms with Crippen LogP contribution in [0, 0.1) is 0 Å². The van der Waals surface area contributed by atoms with Crippen molar-refractivity contribution >= 4 is 23.2 Å². The van der Waals surface area contributed by atoms with E-state index in [9.17, 15) is 18.0 Å². The zero-order valence-corrected chi connectivity index (χ0v) is 13.1. The molecule has 0 aliphatic carbocycles. The van der Waals surface area contributed by atoms with Crippen LogP contribution in [0.5, 0.6) is 0 Å². The Morgan fingerprint density at radius 2 is 2.09 bits per heavy atom. The summed E-state index contributed by atoms with van der Waals surface area (Å²) < 4.78 is 43.1. The molecule has 0 saturated carbocycles. The highest BCUT2D eigenvalue weighted by Gasteiger charge is 2.33. The van der Waals surface area contributed by atoms with E-state index in [0.717, 1.165) is 18.6 Å². The summed E-state index contributed by atoms with van der Waals surface area (Å²) in [6.45, 7) is 1.31. The zero-order chi connectivity index (χ0) is 16.8. The first-order chi connectivity index (χ1) is 10.2. The van der Waals surface area contributed by atoms with E-state index in [2.05, 4.69) is 5.32 Å². The number of rotatable bonds is 7. The molecule has 0 radical (unpaired) electrons. The number of benzene rings is 1. The molecule has 0 spiro atoms. The number of hydrogen-bond acceptors (Lipinski definition) is 3. The lowest BCUT2D eigenvalue weighted by Crippen LogP contribution is -2.31. The minimum atomic E-state index is -4.56. The van der Waals surface area contributed by atoms with E-state index in [0.29, 0.717) is 13.2 Å². The first-order valence-electron chi connectivity index (χ1n) is 6.58. The molecule has 0 heterocycles. The maximum Gasteiger partial charge on any atom is 0.417 e. The molecule has 0 aliphatic rings. The molecule has 8 heteroatoms. The number of halogens is 4. The minimum absolute atomic E-state index is 0.0621. The van der Waals surface area contributed by atoms with Crippen LogP contribution in [-0.2, 0) is 15.7 Å². The highest BCUT2D eigenvalue weighted by Crippen LogP contribution is 2.36. The van der Waals surface area contributed by atoms with Gasteiger partial charge in [-0.05, 0) is 31.7 Å². The maximum absolute atomic E-state index is 12.7. The summed E-state index contributed by atoms with van der Waals surface area (Å²) in [4.78, 5) is 13.6. The third kappa shape index (κ3) is 6.21. The Morgan fingerprint density at radius 1 is 1.41 bits per heavy atom. The number of ether oxygens (including phenoxy) is 1. The van der Waals surface area contributed by atoms with Gasteiger partial charge in [0.15, 0.2) is 0 Å². The van der Waals surface area contributed by atoms with Crippen molar-refractivity contribution < 1.29 is 22.7 Å². The number of nitrogens with one attached hydrogen (secondary N) is 1. The average Bonchev–Trinajstić information content (AvgIpc) is 2.40. The monoisotopic (exact) mass is 338 g/mol. The van der Waals surface area contributed by atoms with Gasteiger partial charge in [0.05, 0.1) is 17.1 Å². The van der Waals surface area contributed by atoms with Crippen molar-refractivity contribution in [1.82, 2.24) is 4.90 Å². The van der Waals surface area contributed by atoms with Crippen molar-refractivity contribution in [1.29, 1.82) is 0 Å². The van der Waals surface area contributed by atoms with E-state index in [-0.39, 0.29) is 12.2 Å². The number of alkyl halides is 3. The molecule has 4 nitrogen and oxygen atoms in total. The first kappa shape index (κ1) is 18.7. The summed E-state index contributed by atoms with van der Waals surface area (Å²) in [7, 11) is 3.34. The molecule has 0 unspecified atom stereocenters. The fourth-order valence-corrected chi connectivity index (χ4v) is 2.05. The van der Waals surface area contributed by atoms with E-state index in [1.54, 1.807) is 19.1 Å². The van der Waals surface area contributed by atoms with Gasteiger partial charge in [-0.3, -0.25) is 9.69 Å². The number of anilines is 1. The molecule has 1 aromatic rings. The standard InChI is InChI=1S/C14H18ClF3N2O2/c1-20(6-3-7-22-2)9-13(21)19-10-4-5-12(15)11(8-10)14(16,17)18/h4-5,8H,3,6-7,9H2,1-2H3,(H,19,21). The molecule has 0 bridgehead atoms. The Morgan fingerprint density at radius 3 is 2.68 bits per heavy atom. The highest BCUT2D eigenvalue weighted by atomic mass is 35.5. The Kier molecular flexibility index (Phi) is 7.12. The molecular weight excluding hydrogens is 321 g/mol. The van der Waals surface area contributed by atoms with Gasteiger partial charge in [0.25, 0.3) is 0 Å². The van der Waals surface area contributed by atoms with Gasteiger partial charge in [-0.2, -0.15) is 13.2 Å². The van der Waals surface area contributed by atoms with Crippen LogP contribution in [0.1, 0.15) is 12.0 Å². The van der Waals surface area contributed by atoms with Crippen LogP contribution in [0.2, 0.25) is 5.02 Å². The number of methoxy groups -OCH3 is 1. The molecule has 1 aromatic carbocycles. The lowest BCUT2D eigenvalue weighted by Gasteiger charge is -2.16. The molecule has 0 aliphatic heterocycles. The van der Waals surface area contributed by atoms with Crippen molar-refractivity contribution in [2.75, 3.05) is 39.2 Å². The summed E-state index contributed by atoms with van der Waals surface area (Å²) in [5, 5.41) is 2.03. The second-order valence-electron chi connectivity index (χ2n) is 4.82. The van der Waals surface area contributed by atoms with Crippen molar-refractivity contribution in [3.05, 3.63) is 28.8 Å². The molecule has 1 amide bonds. The lowest BCUT2D eigenvalue weighted by molar-refractivity contribution is -0.137. The topological polar surface area (TPSA) is 41.6 Å². The summed E-state index contributed by atoms with van der Waals surface area (Å²) in [6, 6.07) is 3.27. The van der Waals surface area contributed by atoms with Crippen LogP contribution in [0.25, 0.3) is 0 Å². The number of hydrogen-bond donors (Lipinski definition) is 1. The summed E-state index contributed by atoms with van der Waals surface area (Å²) in [5.74, 6) is -0.393.